The maximum Gasteiger partial charge on any atom is -0.00844 e. The second-order valence-corrected chi connectivity index (χ2v) is 12.8. The molecule has 2 aliphatic rings. The van der Waals surface area contributed by atoms with Gasteiger partial charge in [-0.05, 0) is 48.7 Å². The number of hydrogen-bond donors (Lipinski definition) is 0. The molecule has 0 spiro atoms. The minimum absolute atomic E-state index is 0.903. The average Bonchev–Trinajstić information content (AvgIpc) is 2.67. The summed E-state index contributed by atoms with van der Waals surface area (Å²) in [5.74, 6) is 2.02. The second-order valence-electron chi connectivity index (χ2n) is 6.33. The maximum absolute atomic E-state index is 2.65. The Bertz CT molecular complexity index is 266. The first kappa shape index (κ1) is 9.76. The smallest absolute Gasteiger partial charge is 0.00844 e. The highest BCUT2D eigenvalue weighted by Gasteiger charge is 2.40. The fraction of sp³-hybridized carbons (Fsp3) is 0.917. The monoisotopic (exact) mass is 200 g/mol. The molecule has 13 heavy (non-hydrogen) atoms. The Hall–Kier alpha value is 0.220. The lowest BCUT2D eigenvalue weighted by Crippen LogP contribution is -2.40. The highest BCUT2D eigenvalue weighted by Crippen LogP contribution is 2.63. The van der Waals surface area contributed by atoms with E-state index in [0.717, 1.165) is 17.1 Å². The summed E-state index contributed by atoms with van der Waals surface area (Å²) in [7, 11) is -1.03. The van der Waals surface area contributed by atoms with Gasteiger partial charge in [0.1, 0.15) is 0 Å². The Morgan fingerprint density at radius 2 is 1.77 bits per heavy atom. The van der Waals surface area contributed by atoms with E-state index in [1.807, 2.05) is 0 Å². The van der Waals surface area contributed by atoms with Crippen molar-refractivity contribution in [2.75, 3.05) is 18.8 Å². The molecule has 1 heterocycles. The Labute approximate surface area is 83.0 Å². The molecule has 0 aromatic rings. The molecule has 0 saturated heterocycles. The van der Waals surface area contributed by atoms with E-state index < -0.39 is 8.75 Å². The molecular formula is C12H24S. The maximum atomic E-state index is 2.65. The van der Waals surface area contributed by atoms with Crippen LogP contribution in [0.4, 0.5) is 0 Å². The van der Waals surface area contributed by atoms with Gasteiger partial charge in [0.25, 0.3) is 0 Å². The van der Waals surface area contributed by atoms with E-state index in [4.69, 9.17) is 0 Å². The van der Waals surface area contributed by atoms with Gasteiger partial charge in [0.2, 0.25) is 0 Å². The zero-order chi connectivity index (χ0) is 9.71. The van der Waals surface area contributed by atoms with Crippen molar-refractivity contribution >= 4 is 14.1 Å². The zero-order valence-corrected chi connectivity index (χ0v) is 10.4. The van der Waals surface area contributed by atoms with Crippen LogP contribution in [0.3, 0.4) is 0 Å². The van der Waals surface area contributed by atoms with Gasteiger partial charge in [0.15, 0.2) is 0 Å². The second kappa shape index (κ2) is 2.62. The first-order valence-electron chi connectivity index (χ1n) is 5.57. The summed E-state index contributed by atoms with van der Waals surface area (Å²) in [5.41, 5.74) is 0. The van der Waals surface area contributed by atoms with E-state index >= 15 is 0 Å². The van der Waals surface area contributed by atoms with E-state index in [0.29, 0.717) is 0 Å². The van der Waals surface area contributed by atoms with Crippen LogP contribution in [-0.4, -0.2) is 29.4 Å². The topological polar surface area (TPSA) is 0 Å². The van der Waals surface area contributed by atoms with Gasteiger partial charge in [-0.15, -0.1) is 0 Å². The molecule has 2 rings (SSSR count). The van der Waals surface area contributed by atoms with Crippen LogP contribution >= 0.6 is 8.75 Å². The van der Waals surface area contributed by atoms with Crippen molar-refractivity contribution in [2.24, 2.45) is 11.8 Å². The fourth-order valence-electron chi connectivity index (χ4n) is 3.13. The van der Waals surface area contributed by atoms with Crippen LogP contribution in [0.15, 0.2) is 0 Å². The van der Waals surface area contributed by atoms with Gasteiger partial charge in [0, 0.05) is 0 Å². The number of rotatable bonds is 3. The first-order valence-corrected chi connectivity index (χ1v) is 8.97. The number of hydrogen-bond acceptors (Lipinski definition) is 0. The zero-order valence-electron chi connectivity index (χ0n) is 9.55. The Kier molecular flexibility index (Phi) is 1.97. The van der Waals surface area contributed by atoms with Gasteiger partial charge < -0.3 is 0 Å². The van der Waals surface area contributed by atoms with Gasteiger partial charge in [-0.25, -0.2) is 0 Å². The van der Waals surface area contributed by atoms with Gasteiger partial charge in [-0.2, -0.15) is 0 Å². The lowest BCUT2D eigenvalue weighted by Gasteiger charge is -2.57. The molecule has 0 N–H and O–H groups in total. The Balaban J connectivity index is 1.96. The van der Waals surface area contributed by atoms with Crippen LogP contribution in [0.5, 0.6) is 0 Å². The summed E-state index contributed by atoms with van der Waals surface area (Å²) in [6.07, 6.45) is 13.6. The van der Waals surface area contributed by atoms with Crippen molar-refractivity contribution < 1.29 is 0 Å². The van der Waals surface area contributed by atoms with E-state index in [1.54, 1.807) is 0 Å². The van der Waals surface area contributed by atoms with Crippen LogP contribution in [0.1, 0.15) is 32.6 Å². The molecule has 0 aromatic carbocycles. The third-order valence-electron chi connectivity index (χ3n) is 3.93. The quantitative estimate of drug-likeness (QED) is 0.614. The van der Waals surface area contributed by atoms with Crippen molar-refractivity contribution in [3.63, 3.8) is 0 Å². The molecule has 2 atom stereocenters. The van der Waals surface area contributed by atoms with Crippen LogP contribution in [0.2, 0.25) is 0 Å². The Morgan fingerprint density at radius 1 is 1.15 bits per heavy atom. The van der Waals surface area contributed by atoms with Gasteiger partial charge in [-0.1, -0.05) is 25.1 Å². The molecule has 0 amide bonds. The van der Waals surface area contributed by atoms with Crippen molar-refractivity contribution in [1.29, 1.82) is 0 Å². The SMILES string of the molecule is CC1C=S(C)(C)(C)C1CCC1CC1. The van der Waals surface area contributed by atoms with Gasteiger partial charge in [0.05, 0.1) is 0 Å². The summed E-state index contributed by atoms with van der Waals surface area (Å²) in [5, 5.41) is 3.69. The molecule has 1 heteroatoms. The molecule has 78 valence electrons. The van der Waals surface area contributed by atoms with Crippen molar-refractivity contribution in [2.45, 2.75) is 37.9 Å². The summed E-state index contributed by atoms with van der Waals surface area (Å²) in [4.78, 5) is 0. The predicted octanol–water partition coefficient (Wildman–Crippen LogP) is 3.23. The molecule has 0 radical (unpaired) electrons. The van der Waals surface area contributed by atoms with E-state index in [2.05, 4.69) is 31.1 Å². The normalized spacial score (nSPS) is 43.8. The third-order valence-corrected chi connectivity index (χ3v) is 8.16. The van der Waals surface area contributed by atoms with Crippen molar-refractivity contribution in [3.8, 4) is 0 Å². The lowest BCUT2D eigenvalue weighted by molar-refractivity contribution is 0.580. The molecule has 1 fully saturated rings. The molecule has 1 aliphatic heterocycles. The highest BCUT2D eigenvalue weighted by atomic mass is 32.3. The standard InChI is InChI=1S/C12H24S/c1-10-9-13(2,3,4)12(10)8-7-11-5-6-11/h9-12H,5-8H2,1-4H3. The van der Waals surface area contributed by atoms with E-state index in [-0.39, 0.29) is 0 Å². The third kappa shape index (κ3) is 1.86. The van der Waals surface area contributed by atoms with Gasteiger partial charge >= 0.3 is 0 Å². The fourth-order valence-corrected chi connectivity index (χ4v) is 7.37. The molecule has 0 bridgehead atoms. The predicted molar refractivity (Wildman–Crippen MR) is 66.3 cm³/mol. The largest absolute Gasteiger partial charge is 0.252 e. The molecule has 0 nitrogen and oxygen atoms in total. The highest BCUT2D eigenvalue weighted by molar-refractivity contribution is 8.47. The first-order chi connectivity index (χ1) is 5.87. The van der Waals surface area contributed by atoms with Crippen LogP contribution in [-0.2, 0) is 0 Å². The van der Waals surface area contributed by atoms with Gasteiger partial charge in [-0.3, -0.25) is 8.75 Å². The van der Waals surface area contributed by atoms with Crippen molar-refractivity contribution in [3.05, 3.63) is 0 Å². The summed E-state index contributed by atoms with van der Waals surface area (Å²) in [6, 6.07) is 0. The lowest BCUT2D eigenvalue weighted by atomic mass is 10.0. The van der Waals surface area contributed by atoms with E-state index in [1.165, 1.54) is 25.7 Å². The average molecular weight is 200 g/mol. The molecule has 1 saturated carbocycles. The van der Waals surface area contributed by atoms with Crippen LogP contribution in [0, 0.1) is 11.8 Å². The minimum Gasteiger partial charge on any atom is -0.252 e. The Morgan fingerprint density at radius 3 is 2.15 bits per heavy atom. The van der Waals surface area contributed by atoms with Crippen LogP contribution < -0.4 is 0 Å². The van der Waals surface area contributed by atoms with E-state index in [9.17, 15) is 0 Å². The molecule has 2 unspecified atom stereocenters. The summed E-state index contributed by atoms with van der Waals surface area (Å²) in [6.45, 7) is 2.41. The van der Waals surface area contributed by atoms with Crippen LogP contribution in [0.25, 0.3) is 0 Å². The summed E-state index contributed by atoms with van der Waals surface area (Å²) < 4.78 is 0. The summed E-state index contributed by atoms with van der Waals surface area (Å²) >= 11 is 0. The molecular weight excluding hydrogens is 176 g/mol. The molecule has 1 aliphatic carbocycles. The van der Waals surface area contributed by atoms with Crippen molar-refractivity contribution in [1.82, 2.24) is 0 Å². The minimum atomic E-state index is -1.03. The molecule has 0 aromatic heterocycles.